The van der Waals surface area contributed by atoms with E-state index in [1.54, 1.807) is 4.90 Å². The summed E-state index contributed by atoms with van der Waals surface area (Å²) in [4.78, 5) is 14.8. The maximum absolute atomic E-state index is 14.8. The minimum atomic E-state index is -3.33. The van der Waals surface area contributed by atoms with Crippen LogP contribution in [0.25, 0.3) is 11.1 Å². The number of likely N-dealkylation sites (tertiary alicyclic amines) is 1. The fourth-order valence-corrected chi connectivity index (χ4v) is 5.49. The zero-order valence-electron chi connectivity index (χ0n) is 17.7. The van der Waals surface area contributed by atoms with Crippen molar-refractivity contribution >= 4 is 15.9 Å². The van der Waals surface area contributed by atoms with Crippen molar-refractivity contribution in [1.82, 2.24) is 9.62 Å². The summed E-state index contributed by atoms with van der Waals surface area (Å²) in [7, 11) is -3.33. The number of benzene rings is 2. The van der Waals surface area contributed by atoms with Crippen LogP contribution in [-0.2, 0) is 14.8 Å². The van der Waals surface area contributed by atoms with Crippen molar-refractivity contribution in [3.63, 3.8) is 0 Å². The lowest BCUT2D eigenvalue weighted by Crippen LogP contribution is -2.36. The Hall–Kier alpha value is -2.39. The van der Waals surface area contributed by atoms with Gasteiger partial charge in [-0.15, -0.1) is 0 Å². The molecule has 2 aromatic rings. The number of nitrogens with one attached hydrogen (secondary N) is 1. The second-order valence-electron chi connectivity index (χ2n) is 8.59. The van der Waals surface area contributed by atoms with Gasteiger partial charge in [-0.2, -0.15) is 0 Å². The molecule has 0 spiro atoms. The number of carbonyl (C=O) groups is 1. The Morgan fingerprint density at radius 2 is 1.66 bits per heavy atom. The topological polar surface area (TPSA) is 66.5 Å². The van der Waals surface area contributed by atoms with Gasteiger partial charge in [0, 0.05) is 25.0 Å². The molecular formula is C23H25F3N2O3S. The van der Waals surface area contributed by atoms with Gasteiger partial charge in [0.2, 0.25) is 15.9 Å². The van der Waals surface area contributed by atoms with Crippen LogP contribution < -0.4 is 4.72 Å². The molecule has 32 heavy (non-hydrogen) atoms. The minimum Gasteiger partial charge on any atom is -0.342 e. The van der Waals surface area contributed by atoms with Gasteiger partial charge in [-0.25, -0.2) is 26.3 Å². The van der Waals surface area contributed by atoms with Gasteiger partial charge in [0.1, 0.15) is 17.5 Å². The summed E-state index contributed by atoms with van der Waals surface area (Å²) in [5, 5.41) is 0. The third kappa shape index (κ3) is 4.83. The Labute approximate surface area is 185 Å². The highest BCUT2D eigenvalue weighted by Crippen LogP contribution is 2.52. The standard InChI is InChI=1S/C23H25F3N2O3S/c1-32(30,31)27-14-5-4-11-28(12-10-14)23(29)17-13-16(17)21-15(6-2-7-18(21)24)22-19(25)8-3-9-20(22)26/h2-3,6-9,14,16-17,27H,4-5,10-13H2,1H3/t14-,16-,17-/m1/s1. The van der Waals surface area contributed by atoms with Gasteiger partial charge in [-0.1, -0.05) is 18.2 Å². The summed E-state index contributed by atoms with van der Waals surface area (Å²) in [6, 6.07) is 7.41. The highest BCUT2D eigenvalue weighted by atomic mass is 32.2. The Morgan fingerprint density at radius 3 is 2.34 bits per heavy atom. The number of hydrogen-bond acceptors (Lipinski definition) is 3. The smallest absolute Gasteiger partial charge is 0.226 e. The lowest BCUT2D eigenvalue weighted by atomic mass is 9.94. The number of amides is 1. The minimum absolute atomic E-state index is 0.127. The Kier molecular flexibility index (Phi) is 6.31. The lowest BCUT2D eigenvalue weighted by Gasteiger charge is -2.21. The van der Waals surface area contributed by atoms with E-state index in [0.717, 1.165) is 18.4 Å². The van der Waals surface area contributed by atoms with Crippen LogP contribution in [0.4, 0.5) is 13.2 Å². The first-order chi connectivity index (χ1) is 15.2. The number of rotatable bonds is 5. The molecular weight excluding hydrogens is 441 g/mol. The molecule has 9 heteroatoms. The van der Waals surface area contributed by atoms with Gasteiger partial charge >= 0.3 is 0 Å². The van der Waals surface area contributed by atoms with E-state index < -0.39 is 39.3 Å². The molecule has 1 N–H and O–H groups in total. The molecule has 0 aromatic heterocycles. The normalized spacial score (nSPS) is 23.6. The highest BCUT2D eigenvalue weighted by molar-refractivity contribution is 7.88. The van der Waals surface area contributed by atoms with Crippen LogP contribution in [0.5, 0.6) is 0 Å². The average Bonchev–Trinajstić information content (AvgIpc) is 3.51. The van der Waals surface area contributed by atoms with Crippen molar-refractivity contribution < 1.29 is 26.4 Å². The molecule has 1 saturated carbocycles. The number of halogens is 3. The van der Waals surface area contributed by atoms with E-state index in [0.29, 0.717) is 38.8 Å². The summed E-state index contributed by atoms with van der Waals surface area (Å²) < 4.78 is 69.2. The third-order valence-electron chi connectivity index (χ3n) is 6.18. The molecule has 3 atom stereocenters. The molecule has 2 aromatic carbocycles. The van der Waals surface area contributed by atoms with Crippen LogP contribution in [0.1, 0.15) is 37.2 Å². The Morgan fingerprint density at radius 1 is 1.00 bits per heavy atom. The van der Waals surface area contributed by atoms with E-state index in [2.05, 4.69) is 4.72 Å². The third-order valence-corrected chi connectivity index (χ3v) is 6.95. The molecule has 5 nitrogen and oxygen atoms in total. The predicted molar refractivity (Wildman–Crippen MR) is 115 cm³/mol. The molecule has 4 rings (SSSR count). The largest absolute Gasteiger partial charge is 0.342 e. The summed E-state index contributed by atoms with van der Waals surface area (Å²) >= 11 is 0. The van der Waals surface area contributed by atoms with Crippen molar-refractivity contribution in [3.05, 3.63) is 59.4 Å². The fraction of sp³-hybridized carbons (Fsp3) is 0.435. The van der Waals surface area contributed by atoms with Crippen molar-refractivity contribution in [2.24, 2.45) is 5.92 Å². The van der Waals surface area contributed by atoms with E-state index in [-0.39, 0.29) is 28.6 Å². The molecule has 1 heterocycles. The van der Waals surface area contributed by atoms with Crippen LogP contribution in [0.3, 0.4) is 0 Å². The van der Waals surface area contributed by atoms with Crippen LogP contribution in [0.15, 0.2) is 36.4 Å². The van der Waals surface area contributed by atoms with Gasteiger partial charge in [0.05, 0.1) is 11.8 Å². The first-order valence-corrected chi connectivity index (χ1v) is 12.5. The van der Waals surface area contributed by atoms with Crippen LogP contribution in [0.2, 0.25) is 0 Å². The van der Waals surface area contributed by atoms with Crippen LogP contribution in [-0.4, -0.2) is 44.6 Å². The van der Waals surface area contributed by atoms with E-state index in [4.69, 9.17) is 0 Å². The van der Waals surface area contributed by atoms with E-state index in [1.165, 1.54) is 24.3 Å². The lowest BCUT2D eigenvalue weighted by molar-refractivity contribution is -0.132. The van der Waals surface area contributed by atoms with E-state index >= 15 is 0 Å². The molecule has 1 aliphatic carbocycles. The molecule has 172 valence electrons. The Bertz CT molecular complexity index is 1120. The van der Waals surface area contributed by atoms with Crippen molar-refractivity contribution in [2.45, 2.75) is 37.6 Å². The highest BCUT2D eigenvalue weighted by Gasteiger charge is 2.48. The van der Waals surface area contributed by atoms with Gasteiger partial charge in [0.25, 0.3) is 0 Å². The Balaban J connectivity index is 1.52. The second kappa shape index (κ2) is 8.86. The number of carbonyl (C=O) groups excluding carboxylic acids is 1. The first kappa shape index (κ1) is 22.8. The zero-order valence-corrected chi connectivity index (χ0v) is 18.5. The fourth-order valence-electron chi connectivity index (χ4n) is 4.65. The summed E-state index contributed by atoms with van der Waals surface area (Å²) in [6.07, 6.45) is 3.31. The summed E-state index contributed by atoms with van der Waals surface area (Å²) in [6.45, 7) is 0.900. The van der Waals surface area contributed by atoms with Gasteiger partial charge in [-0.05, 0) is 60.9 Å². The quantitative estimate of drug-likeness (QED) is 0.729. The van der Waals surface area contributed by atoms with Crippen LogP contribution >= 0.6 is 0 Å². The average molecular weight is 467 g/mol. The first-order valence-electron chi connectivity index (χ1n) is 10.6. The van der Waals surface area contributed by atoms with Crippen molar-refractivity contribution in [3.8, 4) is 11.1 Å². The summed E-state index contributed by atoms with van der Waals surface area (Å²) in [5.74, 6) is -3.18. The molecule has 0 bridgehead atoms. The number of nitrogens with zero attached hydrogens (tertiary/aromatic N) is 1. The maximum Gasteiger partial charge on any atom is 0.226 e. The molecule has 2 aliphatic rings. The van der Waals surface area contributed by atoms with Gasteiger partial charge < -0.3 is 4.90 Å². The number of hydrogen-bond donors (Lipinski definition) is 1. The monoisotopic (exact) mass is 466 g/mol. The molecule has 1 saturated heterocycles. The van der Waals surface area contributed by atoms with Crippen molar-refractivity contribution in [2.75, 3.05) is 19.3 Å². The molecule has 1 aliphatic heterocycles. The SMILES string of the molecule is CS(=O)(=O)N[C@@H]1CCCN(C(=O)[C@@H]2C[C@H]2c2c(F)cccc2-c2c(F)cccc2F)CC1. The summed E-state index contributed by atoms with van der Waals surface area (Å²) in [5.41, 5.74) is 0.0139. The molecule has 2 fully saturated rings. The molecule has 0 unspecified atom stereocenters. The number of sulfonamides is 1. The predicted octanol–water partition coefficient (Wildman–Crippen LogP) is 3.80. The van der Waals surface area contributed by atoms with Gasteiger partial charge in [0.15, 0.2) is 0 Å². The molecule has 0 radical (unpaired) electrons. The van der Waals surface area contributed by atoms with E-state index in [1.807, 2.05) is 0 Å². The van der Waals surface area contributed by atoms with E-state index in [9.17, 15) is 26.4 Å². The maximum atomic E-state index is 14.8. The second-order valence-corrected chi connectivity index (χ2v) is 10.4. The zero-order chi connectivity index (χ0) is 23.0. The van der Waals surface area contributed by atoms with Crippen molar-refractivity contribution in [1.29, 1.82) is 0 Å². The van der Waals surface area contributed by atoms with Crippen LogP contribution in [0, 0.1) is 23.4 Å². The van der Waals surface area contributed by atoms with Gasteiger partial charge in [-0.3, -0.25) is 4.79 Å². The molecule has 1 amide bonds.